The molecule has 0 fully saturated rings. The number of nitrogens with zero attached hydrogens (tertiary/aromatic N) is 1. The first kappa shape index (κ1) is 15.8. The third-order valence-corrected chi connectivity index (χ3v) is 3.54. The van der Waals surface area contributed by atoms with Crippen molar-refractivity contribution in [2.24, 2.45) is 5.92 Å². The first-order chi connectivity index (χ1) is 8.73. The van der Waals surface area contributed by atoms with Gasteiger partial charge in [0.05, 0.1) is 5.92 Å². The van der Waals surface area contributed by atoms with Crippen molar-refractivity contribution in [2.75, 3.05) is 0 Å². The lowest BCUT2D eigenvalue weighted by atomic mass is 10.0. The SMILES string of the molecule is CC(NC(=O)c1cc(Br)cn1C(C)C)C(C)C(=O)O. The van der Waals surface area contributed by atoms with Crippen LogP contribution in [0, 0.1) is 5.92 Å². The summed E-state index contributed by atoms with van der Waals surface area (Å²) < 4.78 is 2.67. The minimum Gasteiger partial charge on any atom is -0.481 e. The Morgan fingerprint density at radius 2 is 1.89 bits per heavy atom. The van der Waals surface area contributed by atoms with Gasteiger partial charge in [0.25, 0.3) is 5.91 Å². The average Bonchev–Trinajstić information content (AvgIpc) is 2.70. The predicted molar refractivity (Wildman–Crippen MR) is 76.2 cm³/mol. The summed E-state index contributed by atoms with van der Waals surface area (Å²) in [5, 5.41) is 11.6. The fourth-order valence-corrected chi connectivity index (χ4v) is 2.11. The van der Waals surface area contributed by atoms with Gasteiger partial charge >= 0.3 is 5.97 Å². The van der Waals surface area contributed by atoms with E-state index in [0.29, 0.717) is 5.69 Å². The van der Waals surface area contributed by atoms with Crippen LogP contribution in [0.5, 0.6) is 0 Å². The fraction of sp³-hybridized carbons (Fsp3) is 0.538. The summed E-state index contributed by atoms with van der Waals surface area (Å²) in [4.78, 5) is 23.0. The molecule has 6 heteroatoms. The first-order valence-corrected chi connectivity index (χ1v) is 6.94. The number of carbonyl (C=O) groups excluding carboxylic acids is 1. The topological polar surface area (TPSA) is 71.3 Å². The molecule has 0 saturated heterocycles. The van der Waals surface area contributed by atoms with E-state index < -0.39 is 17.9 Å². The molecule has 0 aliphatic rings. The summed E-state index contributed by atoms with van der Waals surface area (Å²) in [6.07, 6.45) is 1.84. The maximum Gasteiger partial charge on any atom is 0.308 e. The third kappa shape index (κ3) is 3.83. The smallest absolute Gasteiger partial charge is 0.308 e. The monoisotopic (exact) mass is 330 g/mol. The normalized spacial score (nSPS) is 14.2. The van der Waals surface area contributed by atoms with Crippen molar-refractivity contribution in [3.05, 3.63) is 22.4 Å². The molecule has 1 rings (SSSR count). The Kier molecular flexibility index (Phi) is 5.17. The molecule has 0 aromatic carbocycles. The molecule has 0 aliphatic carbocycles. The summed E-state index contributed by atoms with van der Waals surface area (Å²) in [7, 11) is 0. The molecule has 1 aromatic rings. The van der Waals surface area contributed by atoms with Gasteiger partial charge in [0.2, 0.25) is 0 Å². The Bertz CT molecular complexity index is 482. The van der Waals surface area contributed by atoms with Gasteiger partial charge < -0.3 is 15.0 Å². The van der Waals surface area contributed by atoms with Crippen molar-refractivity contribution >= 4 is 27.8 Å². The van der Waals surface area contributed by atoms with Crippen LogP contribution in [0.2, 0.25) is 0 Å². The Morgan fingerprint density at radius 1 is 1.32 bits per heavy atom. The van der Waals surface area contributed by atoms with Crippen molar-refractivity contribution in [1.29, 1.82) is 0 Å². The van der Waals surface area contributed by atoms with Gasteiger partial charge in [-0.3, -0.25) is 9.59 Å². The third-order valence-electron chi connectivity index (χ3n) is 3.10. The molecule has 1 aromatic heterocycles. The predicted octanol–water partition coefficient (Wildman–Crippen LogP) is 2.67. The number of carbonyl (C=O) groups is 2. The molecule has 19 heavy (non-hydrogen) atoms. The number of aliphatic carboxylic acids is 1. The van der Waals surface area contributed by atoms with E-state index in [0.717, 1.165) is 4.47 Å². The molecule has 2 N–H and O–H groups in total. The summed E-state index contributed by atoms with van der Waals surface area (Å²) in [6, 6.07) is 1.45. The maximum absolute atomic E-state index is 12.2. The average molecular weight is 331 g/mol. The van der Waals surface area contributed by atoms with E-state index in [1.54, 1.807) is 19.9 Å². The van der Waals surface area contributed by atoms with Crippen LogP contribution in [0.3, 0.4) is 0 Å². The zero-order valence-corrected chi connectivity index (χ0v) is 13.1. The summed E-state index contributed by atoms with van der Waals surface area (Å²) in [6.45, 7) is 7.22. The van der Waals surface area contributed by atoms with E-state index >= 15 is 0 Å². The number of hydrogen-bond acceptors (Lipinski definition) is 2. The number of carboxylic acids is 1. The highest BCUT2D eigenvalue weighted by atomic mass is 79.9. The molecule has 0 bridgehead atoms. The number of halogens is 1. The first-order valence-electron chi connectivity index (χ1n) is 6.15. The Morgan fingerprint density at radius 3 is 2.37 bits per heavy atom. The van der Waals surface area contributed by atoms with Crippen LogP contribution in [-0.4, -0.2) is 27.6 Å². The quantitative estimate of drug-likeness (QED) is 0.871. The summed E-state index contributed by atoms with van der Waals surface area (Å²) in [5.41, 5.74) is 0.520. The lowest BCUT2D eigenvalue weighted by molar-refractivity contribution is -0.141. The van der Waals surface area contributed by atoms with E-state index in [-0.39, 0.29) is 11.9 Å². The van der Waals surface area contributed by atoms with Crippen LogP contribution in [-0.2, 0) is 4.79 Å². The van der Waals surface area contributed by atoms with Gasteiger partial charge in [0.15, 0.2) is 0 Å². The molecule has 0 aliphatic heterocycles. The molecular weight excluding hydrogens is 312 g/mol. The Labute approximate surface area is 121 Å². The molecule has 2 unspecified atom stereocenters. The van der Waals surface area contributed by atoms with E-state index in [9.17, 15) is 9.59 Å². The summed E-state index contributed by atoms with van der Waals surface area (Å²) in [5.74, 6) is -1.82. The molecule has 106 valence electrons. The second-order valence-corrected chi connectivity index (χ2v) is 5.85. The highest BCUT2D eigenvalue weighted by Gasteiger charge is 2.23. The van der Waals surface area contributed by atoms with Crippen molar-refractivity contribution in [3.63, 3.8) is 0 Å². The van der Waals surface area contributed by atoms with E-state index in [1.807, 2.05) is 24.6 Å². The van der Waals surface area contributed by atoms with E-state index in [2.05, 4.69) is 21.2 Å². The largest absolute Gasteiger partial charge is 0.481 e. The maximum atomic E-state index is 12.2. The highest BCUT2D eigenvalue weighted by molar-refractivity contribution is 9.10. The van der Waals surface area contributed by atoms with E-state index in [1.165, 1.54) is 0 Å². The van der Waals surface area contributed by atoms with Crippen LogP contribution in [0.1, 0.15) is 44.2 Å². The van der Waals surface area contributed by atoms with Gasteiger partial charge in [0, 0.05) is 22.8 Å². The van der Waals surface area contributed by atoms with Crippen molar-refractivity contribution in [1.82, 2.24) is 9.88 Å². The van der Waals surface area contributed by atoms with Gasteiger partial charge in [-0.25, -0.2) is 0 Å². The van der Waals surface area contributed by atoms with Gasteiger partial charge in [0.1, 0.15) is 5.69 Å². The van der Waals surface area contributed by atoms with E-state index in [4.69, 9.17) is 5.11 Å². The van der Waals surface area contributed by atoms with Crippen LogP contribution in [0.4, 0.5) is 0 Å². The minimum absolute atomic E-state index is 0.152. The van der Waals surface area contributed by atoms with Crippen LogP contribution >= 0.6 is 15.9 Å². The number of carboxylic acid groups (broad SMARTS) is 1. The van der Waals surface area contributed by atoms with Crippen LogP contribution in [0.25, 0.3) is 0 Å². The zero-order valence-electron chi connectivity index (χ0n) is 11.5. The molecule has 5 nitrogen and oxygen atoms in total. The zero-order chi connectivity index (χ0) is 14.7. The lowest BCUT2D eigenvalue weighted by Gasteiger charge is -2.19. The van der Waals surface area contributed by atoms with Crippen molar-refractivity contribution < 1.29 is 14.7 Å². The molecule has 0 spiro atoms. The van der Waals surface area contributed by atoms with Crippen molar-refractivity contribution in [2.45, 2.75) is 39.8 Å². The number of amides is 1. The lowest BCUT2D eigenvalue weighted by Crippen LogP contribution is -2.40. The molecule has 0 radical (unpaired) electrons. The molecule has 1 heterocycles. The van der Waals surface area contributed by atoms with Gasteiger partial charge in [-0.15, -0.1) is 0 Å². The molecule has 1 amide bonds. The van der Waals surface area contributed by atoms with Crippen LogP contribution in [0.15, 0.2) is 16.7 Å². The number of nitrogens with one attached hydrogen (secondary N) is 1. The molecular formula is C13H19BrN2O3. The van der Waals surface area contributed by atoms with Gasteiger partial charge in [-0.2, -0.15) is 0 Å². The van der Waals surface area contributed by atoms with Gasteiger partial charge in [-0.05, 0) is 49.7 Å². The second kappa shape index (κ2) is 6.23. The number of rotatable bonds is 5. The minimum atomic E-state index is -0.923. The summed E-state index contributed by atoms with van der Waals surface area (Å²) >= 11 is 3.34. The standard InChI is InChI=1S/C13H19BrN2O3/c1-7(2)16-6-10(14)5-11(16)12(17)15-9(4)8(3)13(18)19/h5-9H,1-4H3,(H,15,17)(H,18,19). The number of hydrogen-bond donors (Lipinski definition) is 2. The van der Waals surface area contributed by atoms with Crippen molar-refractivity contribution in [3.8, 4) is 0 Å². The van der Waals surface area contributed by atoms with Gasteiger partial charge in [-0.1, -0.05) is 0 Å². The Balaban J connectivity index is 2.87. The molecule has 2 atom stereocenters. The number of aromatic nitrogens is 1. The second-order valence-electron chi connectivity index (χ2n) is 4.93. The molecule has 0 saturated carbocycles. The fourth-order valence-electron chi connectivity index (χ4n) is 1.67. The van der Waals surface area contributed by atoms with Crippen LogP contribution < -0.4 is 5.32 Å². The Hall–Kier alpha value is -1.30. The highest BCUT2D eigenvalue weighted by Crippen LogP contribution is 2.19.